The van der Waals surface area contributed by atoms with Crippen LogP contribution in [-0.4, -0.2) is 50.3 Å². The number of nitrogens with zero attached hydrogens (tertiary/aromatic N) is 1. The lowest BCUT2D eigenvalue weighted by Crippen LogP contribution is -2.37. The van der Waals surface area contributed by atoms with Gasteiger partial charge in [0.05, 0.1) is 10.6 Å². The topological polar surface area (TPSA) is 136 Å². The third-order valence-electron chi connectivity index (χ3n) is 3.70. The summed E-state index contributed by atoms with van der Waals surface area (Å²) in [6, 6.07) is 2.60. The van der Waals surface area contributed by atoms with Gasteiger partial charge in [-0.1, -0.05) is 18.0 Å². The van der Waals surface area contributed by atoms with Gasteiger partial charge in [0, 0.05) is 13.1 Å². The number of nitrogens with one attached hydrogen (secondary N) is 1. The number of hydrogen-bond donors (Lipinski definition) is 2. The lowest BCUT2D eigenvalue weighted by atomic mass is 10.2. The molecule has 1 aliphatic rings. The van der Waals surface area contributed by atoms with Crippen LogP contribution in [0.5, 0.6) is 0 Å². The number of urea groups is 1. The molecule has 26 heavy (non-hydrogen) atoms. The molecule has 142 valence electrons. The van der Waals surface area contributed by atoms with Crippen molar-refractivity contribution in [2.24, 2.45) is 5.73 Å². The van der Waals surface area contributed by atoms with E-state index in [9.17, 15) is 22.8 Å². The number of rotatable bonds is 5. The third-order valence-corrected chi connectivity index (χ3v) is 6.08. The highest BCUT2D eigenvalue weighted by atomic mass is 35.5. The number of nitrogens with two attached hydrogens (primary N) is 1. The molecule has 0 aromatic heterocycles. The van der Waals surface area contributed by atoms with Crippen molar-refractivity contribution in [2.75, 3.05) is 19.7 Å². The number of esters is 1. The van der Waals surface area contributed by atoms with E-state index in [1.54, 1.807) is 5.32 Å². The molecule has 3 amide bonds. The predicted octanol–water partition coefficient (Wildman–Crippen LogP) is 0.866. The smallest absolute Gasteiger partial charge is 0.338 e. The number of benzene rings is 1. The van der Waals surface area contributed by atoms with Crippen molar-refractivity contribution in [3.8, 4) is 0 Å². The molecule has 9 nitrogen and oxygen atoms in total. The van der Waals surface area contributed by atoms with Crippen molar-refractivity contribution >= 4 is 39.5 Å². The molecule has 1 heterocycles. The highest BCUT2D eigenvalue weighted by molar-refractivity contribution is 7.89. The number of halogens is 1. The lowest BCUT2D eigenvalue weighted by Gasteiger charge is -2.26. The van der Waals surface area contributed by atoms with Crippen molar-refractivity contribution in [1.29, 1.82) is 0 Å². The molecule has 1 fully saturated rings. The maximum atomic E-state index is 12.7. The number of hydrogen-bond acceptors (Lipinski definition) is 6. The first-order chi connectivity index (χ1) is 12.2. The first kappa shape index (κ1) is 20.1. The third kappa shape index (κ3) is 4.93. The summed E-state index contributed by atoms with van der Waals surface area (Å²) in [5, 5.41) is 1.72. The highest BCUT2D eigenvalue weighted by Gasteiger charge is 2.29. The number of amides is 3. The van der Waals surface area contributed by atoms with Gasteiger partial charge in [-0.2, -0.15) is 4.31 Å². The van der Waals surface area contributed by atoms with Crippen LogP contribution in [0, 0.1) is 0 Å². The van der Waals surface area contributed by atoms with Crippen LogP contribution in [0.1, 0.15) is 29.6 Å². The standard InChI is InChI=1S/C15H18ClN3O6S/c16-11-5-4-10(14(21)25-9-13(20)18-15(17)22)8-12(11)26(23,24)19-6-2-1-3-7-19/h4-5,8H,1-3,6-7,9H2,(H3,17,18,20,22). The zero-order valence-electron chi connectivity index (χ0n) is 13.7. The minimum absolute atomic E-state index is 0.0152. The van der Waals surface area contributed by atoms with Crippen LogP contribution in [-0.2, 0) is 19.6 Å². The number of ether oxygens (including phenoxy) is 1. The van der Waals surface area contributed by atoms with Crippen LogP contribution in [0.25, 0.3) is 0 Å². The normalized spacial score (nSPS) is 15.3. The first-order valence-corrected chi connectivity index (χ1v) is 9.59. The van der Waals surface area contributed by atoms with Gasteiger partial charge in [-0.3, -0.25) is 10.1 Å². The fourth-order valence-electron chi connectivity index (χ4n) is 2.46. The Hall–Kier alpha value is -2.17. The van der Waals surface area contributed by atoms with Crippen molar-refractivity contribution in [2.45, 2.75) is 24.2 Å². The van der Waals surface area contributed by atoms with Gasteiger partial charge in [0.25, 0.3) is 5.91 Å². The Morgan fingerprint density at radius 1 is 1.19 bits per heavy atom. The van der Waals surface area contributed by atoms with Crippen LogP contribution < -0.4 is 11.1 Å². The number of carbonyl (C=O) groups excluding carboxylic acids is 3. The van der Waals surface area contributed by atoms with Gasteiger partial charge in [0.2, 0.25) is 10.0 Å². The predicted molar refractivity (Wildman–Crippen MR) is 92.1 cm³/mol. The largest absolute Gasteiger partial charge is 0.452 e. The number of sulfonamides is 1. The van der Waals surface area contributed by atoms with E-state index in [1.165, 1.54) is 16.4 Å². The number of piperidine rings is 1. The highest BCUT2D eigenvalue weighted by Crippen LogP contribution is 2.28. The van der Waals surface area contributed by atoms with E-state index >= 15 is 0 Å². The van der Waals surface area contributed by atoms with Crippen LogP contribution >= 0.6 is 11.6 Å². The Kier molecular flexibility index (Phi) is 6.57. The Labute approximate surface area is 155 Å². The zero-order chi connectivity index (χ0) is 19.3. The molecule has 0 aliphatic carbocycles. The van der Waals surface area contributed by atoms with E-state index in [0.717, 1.165) is 25.3 Å². The van der Waals surface area contributed by atoms with Gasteiger partial charge < -0.3 is 10.5 Å². The molecule has 11 heteroatoms. The van der Waals surface area contributed by atoms with Gasteiger partial charge >= 0.3 is 12.0 Å². The molecule has 3 N–H and O–H groups in total. The second-order valence-electron chi connectivity index (χ2n) is 5.60. The Balaban J connectivity index is 2.17. The Morgan fingerprint density at radius 3 is 2.46 bits per heavy atom. The maximum absolute atomic E-state index is 12.7. The molecule has 1 aliphatic heterocycles. The molecule has 0 bridgehead atoms. The second kappa shape index (κ2) is 8.47. The minimum Gasteiger partial charge on any atom is -0.452 e. The fourth-order valence-corrected chi connectivity index (χ4v) is 4.48. The molecule has 1 aromatic rings. The molecule has 1 saturated heterocycles. The Morgan fingerprint density at radius 2 is 1.85 bits per heavy atom. The summed E-state index contributed by atoms with van der Waals surface area (Å²) in [5.74, 6) is -1.84. The van der Waals surface area contributed by atoms with Crippen LogP contribution in [0.2, 0.25) is 5.02 Å². The summed E-state index contributed by atoms with van der Waals surface area (Å²) >= 11 is 6.02. The van der Waals surface area contributed by atoms with E-state index in [4.69, 9.17) is 22.1 Å². The summed E-state index contributed by atoms with van der Waals surface area (Å²) in [4.78, 5) is 33.6. The molecule has 0 spiro atoms. The van der Waals surface area contributed by atoms with Crippen molar-refractivity contribution in [3.63, 3.8) is 0 Å². The maximum Gasteiger partial charge on any atom is 0.338 e. The molecule has 2 rings (SSSR count). The fraction of sp³-hybridized carbons (Fsp3) is 0.400. The average molecular weight is 404 g/mol. The molecular formula is C15H18ClN3O6S. The molecular weight excluding hydrogens is 386 g/mol. The number of primary amides is 1. The summed E-state index contributed by atoms with van der Waals surface area (Å²) in [7, 11) is -3.84. The van der Waals surface area contributed by atoms with E-state index in [-0.39, 0.29) is 15.5 Å². The summed E-state index contributed by atoms with van der Waals surface area (Å²) in [6.07, 6.45) is 2.47. The van der Waals surface area contributed by atoms with Gasteiger partial charge in [-0.25, -0.2) is 18.0 Å². The van der Waals surface area contributed by atoms with Crippen molar-refractivity contribution in [1.82, 2.24) is 9.62 Å². The SMILES string of the molecule is NC(=O)NC(=O)COC(=O)c1ccc(Cl)c(S(=O)(=O)N2CCCCC2)c1. The minimum atomic E-state index is -3.84. The molecule has 1 aromatic carbocycles. The summed E-state index contributed by atoms with van der Waals surface area (Å²) in [6.45, 7) is 0.0415. The van der Waals surface area contributed by atoms with E-state index < -0.39 is 34.5 Å². The Bertz CT molecular complexity index is 821. The van der Waals surface area contributed by atoms with E-state index in [2.05, 4.69) is 0 Å². The monoisotopic (exact) mass is 403 g/mol. The quantitative estimate of drug-likeness (QED) is 0.700. The summed E-state index contributed by atoms with van der Waals surface area (Å²) < 4.78 is 31.5. The summed E-state index contributed by atoms with van der Waals surface area (Å²) in [5.41, 5.74) is 4.68. The zero-order valence-corrected chi connectivity index (χ0v) is 15.3. The lowest BCUT2D eigenvalue weighted by molar-refractivity contribution is -0.123. The van der Waals surface area contributed by atoms with Gasteiger partial charge in [-0.15, -0.1) is 0 Å². The average Bonchev–Trinajstić information content (AvgIpc) is 2.60. The number of imide groups is 1. The molecule has 0 radical (unpaired) electrons. The van der Waals surface area contributed by atoms with Crippen LogP contribution in [0.4, 0.5) is 4.79 Å². The van der Waals surface area contributed by atoms with E-state index in [0.29, 0.717) is 13.1 Å². The van der Waals surface area contributed by atoms with Gasteiger partial charge in [0.15, 0.2) is 6.61 Å². The van der Waals surface area contributed by atoms with Crippen LogP contribution in [0.3, 0.4) is 0 Å². The van der Waals surface area contributed by atoms with Crippen molar-refractivity contribution in [3.05, 3.63) is 28.8 Å². The van der Waals surface area contributed by atoms with Crippen LogP contribution in [0.15, 0.2) is 23.1 Å². The molecule has 0 atom stereocenters. The first-order valence-electron chi connectivity index (χ1n) is 7.78. The van der Waals surface area contributed by atoms with E-state index in [1.807, 2.05) is 0 Å². The van der Waals surface area contributed by atoms with Gasteiger partial charge in [0.1, 0.15) is 4.90 Å². The van der Waals surface area contributed by atoms with Gasteiger partial charge in [-0.05, 0) is 31.0 Å². The molecule has 0 unspecified atom stereocenters. The van der Waals surface area contributed by atoms with Crippen molar-refractivity contribution < 1.29 is 27.5 Å². The second-order valence-corrected chi connectivity index (χ2v) is 7.91. The molecule has 0 saturated carbocycles. The number of carbonyl (C=O) groups is 3.